The summed E-state index contributed by atoms with van der Waals surface area (Å²) in [6.45, 7) is 1.24. The van der Waals surface area contributed by atoms with Crippen LogP contribution in [0.4, 0.5) is 42.8 Å². The van der Waals surface area contributed by atoms with Crippen molar-refractivity contribution in [1.29, 1.82) is 0 Å². The van der Waals surface area contributed by atoms with Crippen molar-refractivity contribution in [2.45, 2.75) is 70.5 Å². The minimum Gasteiger partial charge on any atom is -0.465 e. The van der Waals surface area contributed by atoms with Gasteiger partial charge in [0.15, 0.2) is 0 Å². The van der Waals surface area contributed by atoms with Crippen LogP contribution in [0.25, 0.3) is 0 Å². The maximum atomic E-state index is 13.7. The number of fused-ring (bicyclic) bond motifs is 3. The second kappa shape index (κ2) is 11.1. The van der Waals surface area contributed by atoms with Gasteiger partial charge in [0.1, 0.15) is 0 Å². The van der Waals surface area contributed by atoms with E-state index in [0.717, 1.165) is 34.3 Å². The van der Waals surface area contributed by atoms with Crippen molar-refractivity contribution in [2.75, 3.05) is 23.0 Å². The zero-order valence-corrected chi connectivity index (χ0v) is 22.5. The molecule has 0 fully saturated rings. The molecular formula is C27H28F6N6O3. The molecule has 0 saturated carbocycles. The second-order valence-electron chi connectivity index (χ2n) is 10.5. The van der Waals surface area contributed by atoms with E-state index in [1.807, 2.05) is 13.0 Å². The van der Waals surface area contributed by atoms with Crippen molar-refractivity contribution >= 4 is 17.7 Å². The number of hydrogen-bond acceptors (Lipinski definition) is 6. The highest BCUT2D eigenvalue weighted by Gasteiger charge is 2.39. The summed E-state index contributed by atoms with van der Waals surface area (Å²) in [5, 5.41) is 31.6. The number of carboxylic acid groups (broad SMARTS) is 1. The lowest BCUT2D eigenvalue weighted by atomic mass is 9.91. The van der Waals surface area contributed by atoms with Gasteiger partial charge in [-0.1, -0.05) is 11.2 Å². The van der Waals surface area contributed by atoms with Crippen LogP contribution in [0.1, 0.15) is 64.2 Å². The predicted octanol–water partition coefficient (Wildman–Crippen LogP) is 5.53. The fourth-order valence-corrected chi connectivity index (χ4v) is 5.96. The number of aryl methyl sites for hydroxylation is 1. The summed E-state index contributed by atoms with van der Waals surface area (Å²) >= 11 is 0. The van der Waals surface area contributed by atoms with Crippen LogP contribution in [0.2, 0.25) is 0 Å². The van der Waals surface area contributed by atoms with Crippen LogP contribution in [-0.2, 0) is 38.3 Å². The quantitative estimate of drug-likeness (QED) is 0.360. The first kappa shape index (κ1) is 29.6. The number of hydrogen-bond donors (Lipinski definition) is 2. The summed E-state index contributed by atoms with van der Waals surface area (Å²) in [6, 6.07) is 2.54. The van der Waals surface area contributed by atoms with E-state index in [1.165, 1.54) is 9.80 Å². The third-order valence-electron chi connectivity index (χ3n) is 7.72. The number of nitrogens with zero attached hydrogens (tertiary/aromatic N) is 6. The Bertz CT molecular complexity index is 1460. The van der Waals surface area contributed by atoms with E-state index >= 15 is 0 Å². The SMILES string of the molecule is Cc1cc2c(c3c1CCC3)N(C(=O)O)CCC[C@@H]2N(Cc1cc(C(F)(F)F)cc(C(F)(F)F)c1)c1nnn(CCO)n1. The van der Waals surface area contributed by atoms with E-state index in [0.29, 0.717) is 42.6 Å². The van der Waals surface area contributed by atoms with Crippen LogP contribution in [0.3, 0.4) is 0 Å². The summed E-state index contributed by atoms with van der Waals surface area (Å²) in [5.74, 6) is -0.0766. The molecule has 42 heavy (non-hydrogen) atoms. The van der Waals surface area contributed by atoms with E-state index < -0.39 is 42.2 Å². The molecular weight excluding hydrogens is 570 g/mol. The average Bonchev–Trinajstić information content (AvgIpc) is 3.54. The number of aliphatic hydroxyl groups is 1. The minimum atomic E-state index is -5.03. The lowest BCUT2D eigenvalue weighted by molar-refractivity contribution is -0.143. The Kier molecular flexibility index (Phi) is 7.81. The van der Waals surface area contributed by atoms with Crippen molar-refractivity contribution in [3.63, 3.8) is 0 Å². The zero-order valence-electron chi connectivity index (χ0n) is 22.5. The maximum Gasteiger partial charge on any atom is 0.416 e. The number of alkyl halides is 6. The van der Waals surface area contributed by atoms with Crippen molar-refractivity contribution in [1.82, 2.24) is 20.2 Å². The number of amides is 1. The van der Waals surface area contributed by atoms with Gasteiger partial charge in [-0.3, -0.25) is 4.90 Å². The molecule has 5 rings (SSSR count). The zero-order chi connectivity index (χ0) is 30.4. The lowest BCUT2D eigenvalue weighted by Crippen LogP contribution is -2.32. The van der Waals surface area contributed by atoms with Gasteiger partial charge in [0.25, 0.3) is 5.95 Å². The number of carbonyl (C=O) groups is 1. The van der Waals surface area contributed by atoms with Crippen molar-refractivity contribution in [3.05, 3.63) is 63.2 Å². The summed E-state index contributed by atoms with van der Waals surface area (Å²) in [4.78, 5) is 16.2. The molecule has 0 bridgehead atoms. The summed E-state index contributed by atoms with van der Waals surface area (Å²) < 4.78 is 82.1. The number of rotatable bonds is 6. The van der Waals surface area contributed by atoms with Gasteiger partial charge in [0.05, 0.1) is 36.0 Å². The summed E-state index contributed by atoms with van der Waals surface area (Å²) in [6.07, 6.45) is -8.29. The number of aromatic nitrogens is 4. The molecule has 3 aromatic rings. The first-order valence-corrected chi connectivity index (χ1v) is 13.4. The topological polar surface area (TPSA) is 108 Å². The normalized spacial score (nSPS) is 17.1. The highest BCUT2D eigenvalue weighted by atomic mass is 19.4. The third-order valence-corrected chi connectivity index (χ3v) is 7.72. The highest BCUT2D eigenvalue weighted by molar-refractivity contribution is 5.90. The van der Waals surface area contributed by atoms with E-state index in [9.17, 15) is 41.4 Å². The average molecular weight is 599 g/mol. The Balaban J connectivity index is 1.69. The van der Waals surface area contributed by atoms with Crippen molar-refractivity contribution in [2.24, 2.45) is 0 Å². The fourth-order valence-electron chi connectivity index (χ4n) is 5.96. The molecule has 0 unspecified atom stereocenters. The number of halogens is 6. The van der Waals surface area contributed by atoms with Gasteiger partial charge in [-0.25, -0.2) is 4.79 Å². The molecule has 0 saturated heterocycles. The first-order chi connectivity index (χ1) is 19.8. The Morgan fingerprint density at radius 2 is 1.69 bits per heavy atom. The van der Waals surface area contributed by atoms with E-state index in [1.54, 1.807) is 0 Å². The number of aliphatic hydroxyl groups excluding tert-OH is 1. The molecule has 0 spiro atoms. The summed E-state index contributed by atoms with van der Waals surface area (Å²) in [5.41, 5.74) is 0.752. The standard InChI is InChI=1S/C27H28F6N6O3/c1-15-10-21-22(6-3-7-37(25(41)42)23(21)20-5-2-4-19(15)20)38(24-34-36-39(35-24)8-9-40)14-16-11-17(26(28,29)30)13-18(12-16)27(31,32)33/h10-13,22,40H,2-9,14H2,1H3,(H,41,42)/t22-/m0/s1. The van der Waals surface area contributed by atoms with E-state index in [4.69, 9.17) is 0 Å². The second-order valence-corrected chi connectivity index (χ2v) is 10.5. The van der Waals surface area contributed by atoms with Crippen LogP contribution < -0.4 is 9.80 Å². The fraction of sp³-hybridized carbons (Fsp3) is 0.481. The molecule has 2 N–H and O–H groups in total. The number of anilines is 2. The molecule has 0 radical (unpaired) electrons. The molecule has 2 aliphatic rings. The Labute approximate surface area is 236 Å². The van der Waals surface area contributed by atoms with Gasteiger partial charge in [-0.2, -0.15) is 31.1 Å². The van der Waals surface area contributed by atoms with Crippen molar-refractivity contribution < 1.29 is 41.4 Å². The third kappa shape index (κ3) is 5.74. The molecule has 1 aromatic heterocycles. The van der Waals surface area contributed by atoms with Crippen LogP contribution in [0.5, 0.6) is 0 Å². The monoisotopic (exact) mass is 598 g/mol. The number of benzene rings is 2. The van der Waals surface area contributed by atoms with Crippen LogP contribution >= 0.6 is 0 Å². The van der Waals surface area contributed by atoms with Crippen LogP contribution in [-0.4, -0.2) is 49.7 Å². The Hall–Kier alpha value is -3.88. The Morgan fingerprint density at radius 3 is 2.31 bits per heavy atom. The molecule has 1 aliphatic heterocycles. The molecule has 2 heterocycles. The maximum absolute atomic E-state index is 13.7. The van der Waals surface area contributed by atoms with Gasteiger partial charge in [0, 0.05) is 13.1 Å². The van der Waals surface area contributed by atoms with Crippen LogP contribution in [0.15, 0.2) is 24.3 Å². The first-order valence-electron chi connectivity index (χ1n) is 13.4. The predicted molar refractivity (Wildman–Crippen MR) is 138 cm³/mol. The van der Waals surface area contributed by atoms with Gasteiger partial charge in [0.2, 0.25) is 0 Å². The minimum absolute atomic E-state index is 0.0384. The van der Waals surface area contributed by atoms with Gasteiger partial charge < -0.3 is 15.1 Å². The summed E-state index contributed by atoms with van der Waals surface area (Å²) in [7, 11) is 0. The van der Waals surface area contributed by atoms with Crippen LogP contribution in [0, 0.1) is 6.92 Å². The van der Waals surface area contributed by atoms with Gasteiger partial charge in [-0.15, -0.1) is 5.10 Å². The molecule has 9 nitrogen and oxygen atoms in total. The van der Waals surface area contributed by atoms with Gasteiger partial charge >= 0.3 is 18.4 Å². The van der Waals surface area contributed by atoms with E-state index in [-0.39, 0.29) is 37.3 Å². The molecule has 226 valence electrons. The number of tetrazole rings is 1. The largest absolute Gasteiger partial charge is 0.465 e. The highest BCUT2D eigenvalue weighted by Crippen LogP contribution is 2.45. The smallest absolute Gasteiger partial charge is 0.416 e. The molecule has 15 heteroatoms. The molecule has 2 aromatic carbocycles. The molecule has 1 atom stereocenters. The Morgan fingerprint density at radius 1 is 1.02 bits per heavy atom. The molecule has 1 aliphatic carbocycles. The molecule has 1 amide bonds. The van der Waals surface area contributed by atoms with Gasteiger partial charge in [-0.05, 0) is 90.3 Å². The van der Waals surface area contributed by atoms with Crippen molar-refractivity contribution in [3.8, 4) is 0 Å². The lowest BCUT2D eigenvalue weighted by Gasteiger charge is -2.33. The van der Waals surface area contributed by atoms with E-state index in [2.05, 4.69) is 15.4 Å².